The first kappa shape index (κ1) is 15.5. The van der Waals surface area contributed by atoms with Gasteiger partial charge in [0.05, 0.1) is 5.69 Å². The number of nitrogens with zero attached hydrogens (tertiary/aromatic N) is 1. The second kappa shape index (κ2) is 6.04. The lowest BCUT2D eigenvalue weighted by Gasteiger charge is -2.23. The summed E-state index contributed by atoms with van der Waals surface area (Å²) >= 11 is 3.46. The summed E-state index contributed by atoms with van der Waals surface area (Å²) in [6, 6.07) is 7.27. The van der Waals surface area contributed by atoms with Crippen LogP contribution in [-0.4, -0.2) is 25.8 Å². The van der Waals surface area contributed by atoms with Crippen LogP contribution in [0.2, 0.25) is 0 Å². The van der Waals surface area contributed by atoms with Crippen molar-refractivity contribution in [3.63, 3.8) is 0 Å². The molecule has 1 N–H and O–H groups in total. The molecule has 1 atom stereocenters. The Morgan fingerprint density at radius 1 is 1.22 bits per heavy atom. The van der Waals surface area contributed by atoms with Crippen LogP contribution in [0.3, 0.4) is 0 Å². The van der Waals surface area contributed by atoms with Crippen LogP contribution in [-0.2, 0) is 10.2 Å². The van der Waals surface area contributed by atoms with Crippen molar-refractivity contribution in [1.29, 1.82) is 0 Å². The van der Waals surface area contributed by atoms with Crippen LogP contribution >= 0.6 is 15.9 Å². The second-order valence-corrected chi connectivity index (χ2v) is 7.52. The lowest BCUT2D eigenvalue weighted by Crippen LogP contribution is -2.37. The summed E-state index contributed by atoms with van der Waals surface area (Å²) < 4.78 is 28.2. The Morgan fingerprint density at radius 2 is 1.78 bits per heavy atom. The molecule has 0 aromatic heterocycles. The highest BCUT2D eigenvalue weighted by Gasteiger charge is 2.21. The van der Waals surface area contributed by atoms with Crippen molar-refractivity contribution in [3.8, 4) is 0 Å². The average molecular weight is 335 g/mol. The van der Waals surface area contributed by atoms with Gasteiger partial charge in [-0.05, 0) is 32.4 Å². The summed E-state index contributed by atoms with van der Waals surface area (Å²) in [6.45, 7) is 5.62. The number of rotatable bonds is 5. The molecule has 102 valence electrons. The summed E-state index contributed by atoms with van der Waals surface area (Å²) in [6.07, 6.45) is 0. The van der Waals surface area contributed by atoms with E-state index in [0.717, 1.165) is 5.56 Å². The third-order valence-corrected chi connectivity index (χ3v) is 4.89. The Bertz CT molecular complexity index is 501. The molecule has 0 heterocycles. The van der Waals surface area contributed by atoms with E-state index in [-0.39, 0.29) is 10.9 Å². The molecule has 18 heavy (non-hydrogen) atoms. The smallest absolute Gasteiger partial charge is 0.271 e. The number of hydrogen-bond donors (Lipinski definition) is 1. The zero-order valence-electron chi connectivity index (χ0n) is 11.0. The third-order valence-electron chi connectivity index (χ3n) is 2.73. The van der Waals surface area contributed by atoms with Crippen molar-refractivity contribution in [3.05, 3.63) is 29.8 Å². The van der Waals surface area contributed by atoms with Gasteiger partial charge < -0.3 is 0 Å². The molecule has 0 aliphatic heterocycles. The quantitative estimate of drug-likeness (QED) is 0.841. The normalized spacial score (nSPS) is 13.9. The van der Waals surface area contributed by atoms with Gasteiger partial charge in [-0.1, -0.05) is 34.1 Å². The number of halogens is 1. The van der Waals surface area contributed by atoms with E-state index < -0.39 is 10.2 Å². The van der Waals surface area contributed by atoms with Crippen LogP contribution < -0.4 is 4.72 Å². The van der Waals surface area contributed by atoms with Crippen molar-refractivity contribution in [2.45, 2.75) is 31.6 Å². The van der Waals surface area contributed by atoms with Gasteiger partial charge in [0.2, 0.25) is 0 Å². The number of hydrogen-bond acceptors (Lipinski definition) is 2. The predicted octanol–water partition coefficient (Wildman–Crippen LogP) is 3.14. The molecule has 0 radical (unpaired) electrons. The highest BCUT2D eigenvalue weighted by molar-refractivity contribution is 9.09. The largest absolute Gasteiger partial charge is 0.301 e. The molecule has 0 saturated carbocycles. The van der Waals surface area contributed by atoms with Crippen molar-refractivity contribution < 1.29 is 8.42 Å². The Morgan fingerprint density at radius 3 is 2.28 bits per heavy atom. The third kappa shape index (κ3) is 3.70. The van der Waals surface area contributed by atoms with Crippen LogP contribution in [0.5, 0.6) is 0 Å². The molecular weight excluding hydrogens is 316 g/mol. The van der Waals surface area contributed by atoms with Gasteiger partial charge in [-0.15, -0.1) is 0 Å². The molecule has 0 bridgehead atoms. The molecule has 0 spiro atoms. The first-order chi connectivity index (χ1) is 8.25. The summed E-state index contributed by atoms with van der Waals surface area (Å²) in [5.74, 6) is 0. The zero-order chi connectivity index (χ0) is 13.9. The molecule has 0 fully saturated rings. The van der Waals surface area contributed by atoms with Crippen molar-refractivity contribution in [2.24, 2.45) is 0 Å². The molecule has 1 rings (SSSR count). The minimum Gasteiger partial charge on any atom is -0.271 e. The molecule has 4 nitrogen and oxygen atoms in total. The van der Waals surface area contributed by atoms with Gasteiger partial charge >= 0.3 is 10.2 Å². The number of para-hydroxylation sites is 1. The van der Waals surface area contributed by atoms with Crippen LogP contribution in [0.1, 0.15) is 31.2 Å². The van der Waals surface area contributed by atoms with Crippen molar-refractivity contribution in [2.75, 3.05) is 11.8 Å². The SMILES string of the molecule is CC(Br)c1ccccc1NS(=O)(=O)N(C)C(C)C. The molecule has 0 saturated heterocycles. The Hall–Kier alpha value is -0.590. The van der Waals surface area contributed by atoms with Crippen LogP contribution in [0.25, 0.3) is 0 Å². The van der Waals surface area contributed by atoms with Crippen molar-refractivity contribution in [1.82, 2.24) is 4.31 Å². The minimum atomic E-state index is -3.51. The second-order valence-electron chi connectivity index (χ2n) is 4.42. The summed E-state index contributed by atoms with van der Waals surface area (Å²) in [7, 11) is -1.94. The van der Waals surface area contributed by atoms with Crippen LogP contribution in [0.4, 0.5) is 5.69 Å². The van der Waals surface area contributed by atoms with Gasteiger partial charge in [0.15, 0.2) is 0 Å². The lowest BCUT2D eigenvalue weighted by molar-refractivity contribution is 0.414. The number of alkyl halides is 1. The van der Waals surface area contributed by atoms with Gasteiger partial charge in [0.1, 0.15) is 0 Å². The van der Waals surface area contributed by atoms with Gasteiger partial charge in [-0.2, -0.15) is 12.7 Å². The molecule has 1 unspecified atom stereocenters. The number of benzene rings is 1. The van der Waals surface area contributed by atoms with Crippen LogP contribution in [0.15, 0.2) is 24.3 Å². The fourth-order valence-corrected chi connectivity index (χ4v) is 2.99. The highest BCUT2D eigenvalue weighted by Crippen LogP contribution is 2.29. The highest BCUT2D eigenvalue weighted by atomic mass is 79.9. The van der Waals surface area contributed by atoms with Crippen molar-refractivity contribution >= 4 is 31.8 Å². The fourth-order valence-electron chi connectivity index (χ4n) is 1.43. The van der Waals surface area contributed by atoms with E-state index in [2.05, 4.69) is 20.7 Å². The molecule has 1 aromatic rings. The maximum Gasteiger partial charge on any atom is 0.301 e. The zero-order valence-corrected chi connectivity index (χ0v) is 13.4. The number of anilines is 1. The van der Waals surface area contributed by atoms with Gasteiger partial charge in [-0.25, -0.2) is 0 Å². The van der Waals surface area contributed by atoms with Crippen LogP contribution in [0, 0.1) is 0 Å². The minimum absolute atomic E-state index is 0.0840. The van der Waals surface area contributed by atoms with E-state index in [1.54, 1.807) is 13.1 Å². The van der Waals surface area contributed by atoms with E-state index in [0.29, 0.717) is 5.69 Å². The van der Waals surface area contributed by atoms with Gasteiger partial charge in [0.25, 0.3) is 0 Å². The molecule has 0 amide bonds. The average Bonchev–Trinajstić information content (AvgIpc) is 2.27. The molecular formula is C12H19BrN2O2S. The standard InChI is InChI=1S/C12H19BrN2O2S/c1-9(2)15(4)18(16,17)14-12-8-6-5-7-11(12)10(3)13/h5-10,14H,1-4H3. The summed E-state index contributed by atoms with van der Waals surface area (Å²) in [5.41, 5.74) is 1.52. The summed E-state index contributed by atoms with van der Waals surface area (Å²) in [4.78, 5) is 0.0840. The Balaban J connectivity index is 3.05. The molecule has 1 aromatic carbocycles. The fraction of sp³-hybridized carbons (Fsp3) is 0.500. The monoisotopic (exact) mass is 334 g/mol. The maximum absolute atomic E-state index is 12.1. The van der Waals surface area contributed by atoms with E-state index in [1.165, 1.54) is 4.31 Å². The first-order valence-electron chi connectivity index (χ1n) is 5.74. The van der Waals surface area contributed by atoms with E-state index >= 15 is 0 Å². The topological polar surface area (TPSA) is 49.4 Å². The van der Waals surface area contributed by atoms with Gasteiger partial charge in [-0.3, -0.25) is 4.72 Å². The van der Waals surface area contributed by atoms with E-state index in [1.807, 2.05) is 39.0 Å². The number of nitrogens with one attached hydrogen (secondary N) is 1. The van der Waals surface area contributed by atoms with E-state index in [9.17, 15) is 8.42 Å². The summed E-state index contributed by atoms with van der Waals surface area (Å²) in [5, 5.41) is 0. The predicted molar refractivity (Wildman–Crippen MR) is 79.2 cm³/mol. The molecule has 0 aliphatic rings. The lowest BCUT2D eigenvalue weighted by atomic mass is 10.1. The Kier molecular flexibility index (Phi) is 5.19. The van der Waals surface area contributed by atoms with E-state index in [4.69, 9.17) is 0 Å². The first-order valence-corrected chi connectivity index (χ1v) is 8.10. The molecule has 0 aliphatic carbocycles. The Labute approximate surface area is 118 Å². The maximum atomic E-state index is 12.1. The van der Waals surface area contributed by atoms with Gasteiger partial charge in [0, 0.05) is 17.9 Å². The molecule has 6 heteroatoms.